The topological polar surface area (TPSA) is 87.9 Å². The fraction of sp³-hybridized carbons (Fsp3) is 0.353. The predicted molar refractivity (Wildman–Crippen MR) is 85.4 cm³/mol. The first-order valence-corrected chi connectivity index (χ1v) is 7.51. The molecule has 1 heterocycles. The molecule has 0 N–H and O–H groups in total. The maximum Gasteiger partial charge on any atom is 0.270 e. The Kier molecular flexibility index (Phi) is 4.11. The Balaban J connectivity index is 2.02. The molecular weight excluding hydrogens is 314 g/mol. The normalized spacial score (nSPS) is 22.3. The minimum Gasteiger partial charge on any atom is -0.480 e. The zero-order valence-corrected chi connectivity index (χ0v) is 13.4. The van der Waals surface area contributed by atoms with Crippen molar-refractivity contribution in [1.29, 1.82) is 0 Å². The number of non-ortho nitro benzene ring substituents is 1. The monoisotopic (exact) mass is 331 g/mol. The van der Waals surface area contributed by atoms with Gasteiger partial charge in [-0.1, -0.05) is 0 Å². The minimum atomic E-state index is -0.767. The van der Waals surface area contributed by atoms with Gasteiger partial charge in [0.25, 0.3) is 5.69 Å². The standard InChI is InChI=1S/C17H17NO6/c1-17(10-22-2)9-16(23-13-5-4-12(19)8-13)14-7-11(18(20)21)3-6-15(14)24-17/h3,6-9H,4-5,10H2,1-2H3. The summed E-state index contributed by atoms with van der Waals surface area (Å²) in [5.74, 6) is 1.46. The van der Waals surface area contributed by atoms with Crippen LogP contribution in [0.3, 0.4) is 0 Å². The molecule has 0 fully saturated rings. The first-order chi connectivity index (χ1) is 11.4. The van der Waals surface area contributed by atoms with E-state index >= 15 is 0 Å². The molecule has 0 saturated carbocycles. The first kappa shape index (κ1) is 16.2. The lowest BCUT2D eigenvalue weighted by Gasteiger charge is -2.33. The average Bonchev–Trinajstić information content (AvgIpc) is 2.91. The lowest BCUT2D eigenvalue weighted by atomic mass is 9.99. The third kappa shape index (κ3) is 3.16. The molecular formula is C17H17NO6. The molecule has 0 radical (unpaired) electrons. The Hall–Kier alpha value is -2.67. The smallest absolute Gasteiger partial charge is 0.270 e. The lowest BCUT2D eigenvalue weighted by molar-refractivity contribution is -0.384. The number of nitro groups is 1. The molecule has 0 amide bonds. The Morgan fingerprint density at radius 2 is 2.17 bits per heavy atom. The molecule has 0 saturated heterocycles. The number of allylic oxidation sites excluding steroid dienone is 2. The van der Waals surface area contributed by atoms with Gasteiger partial charge in [0.2, 0.25) is 0 Å². The van der Waals surface area contributed by atoms with E-state index in [1.807, 2.05) is 6.92 Å². The number of carbonyl (C=O) groups is 1. The molecule has 1 atom stereocenters. The zero-order chi connectivity index (χ0) is 17.3. The van der Waals surface area contributed by atoms with E-state index in [-0.39, 0.29) is 18.1 Å². The molecule has 3 rings (SSSR count). The van der Waals surface area contributed by atoms with Crippen molar-refractivity contribution in [2.24, 2.45) is 0 Å². The summed E-state index contributed by atoms with van der Waals surface area (Å²) in [6, 6.07) is 4.34. The molecule has 126 valence electrons. The summed E-state index contributed by atoms with van der Waals surface area (Å²) in [6.45, 7) is 2.12. The van der Waals surface area contributed by atoms with E-state index in [1.54, 1.807) is 19.3 Å². The van der Waals surface area contributed by atoms with Gasteiger partial charge < -0.3 is 14.2 Å². The molecule has 7 nitrogen and oxygen atoms in total. The summed E-state index contributed by atoms with van der Waals surface area (Å²) in [6.07, 6.45) is 4.12. The van der Waals surface area contributed by atoms with Crippen LogP contribution < -0.4 is 4.74 Å². The van der Waals surface area contributed by atoms with Crippen molar-refractivity contribution in [3.05, 3.63) is 51.8 Å². The van der Waals surface area contributed by atoms with Gasteiger partial charge in [-0.3, -0.25) is 14.9 Å². The van der Waals surface area contributed by atoms with Gasteiger partial charge in [-0.2, -0.15) is 0 Å². The van der Waals surface area contributed by atoms with Gasteiger partial charge in [-0.15, -0.1) is 0 Å². The molecule has 1 unspecified atom stereocenters. The summed E-state index contributed by atoms with van der Waals surface area (Å²) in [7, 11) is 1.56. The quantitative estimate of drug-likeness (QED) is 0.609. The summed E-state index contributed by atoms with van der Waals surface area (Å²) in [5, 5.41) is 11.0. The maximum absolute atomic E-state index is 11.4. The lowest BCUT2D eigenvalue weighted by Crippen LogP contribution is -2.38. The highest BCUT2D eigenvalue weighted by Gasteiger charge is 2.34. The van der Waals surface area contributed by atoms with Crippen LogP contribution in [0.1, 0.15) is 25.3 Å². The average molecular weight is 331 g/mol. The second-order valence-electron chi connectivity index (χ2n) is 5.97. The van der Waals surface area contributed by atoms with Crippen molar-refractivity contribution in [1.82, 2.24) is 0 Å². The van der Waals surface area contributed by atoms with Crippen molar-refractivity contribution in [3.8, 4) is 5.75 Å². The molecule has 1 aliphatic carbocycles. The molecule has 0 spiro atoms. The Bertz CT molecular complexity index is 766. The van der Waals surface area contributed by atoms with Crippen LogP contribution in [0.4, 0.5) is 5.69 Å². The van der Waals surface area contributed by atoms with Crippen LogP contribution in [-0.2, 0) is 14.3 Å². The highest BCUT2D eigenvalue weighted by atomic mass is 16.6. The van der Waals surface area contributed by atoms with Crippen LogP contribution in [0.15, 0.2) is 36.1 Å². The number of nitro benzene ring substituents is 1. The van der Waals surface area contributed by atoms with E-state index in [9.17, 15) is 14.9 Å². The second kappa shape index (κ2) is 6.09. The third-order valence-corrected chi connectivity index (χ3v) is 3.83. The van der Waals surface area contributed by atoms with Crippen molar-refractivity contribution in [2.75, 3.05) is 13.7 Å². The third-order valence-electron chi connectivity index (χ3n) is 3.83. The summed E-state index contributed by atoms with van der Waals surface area (Å²) in [5.41, 5.74) is -0.340. The van der Waals surface area contributed by atoms with Crippen LogP contribution in [0.5, 0.6) is 5.75 Å². The molecule has 7 heteroatoms. The Morgan fingerprint density at radius 1 is 1.38 bits per heavy atom. The number of ketones is 1. The van der Waals surface area contributed by atoms with E-state index < -0.39 is 10.5 Å². The summed E-state index contributed by atoms with van der Waals surface area (Å²) in [4.78, 5) is 22.0. The van der Waals surface area contributed by atoms with E-state index in [0.29, 0.717) is 35.7 Å². The molecule has 1 aromatic carbocycles. The van der Waals surface area contributed by atoms with Gasteiger partial charge >= 0.3 is 0 Å². The van der Waals surface area contributed by atoms with Crippen LogP contribution in [0.25, 0.3) is 5.76 Å². The molecule has 0 aromatic heterocycles. The number of nitrogens with zero attached hydrogens (tertiary/aromatic N) is 1. The number of fused-ring (bicyclic) bond motifs is 1. The number of ether oxygens (including phenoxy) is 3. The van der Waals surface area contributed by atoms with Crippen LogP contribution >= 0.6 is 0 Å². The fourth-order valence-electron chi connectivity index (χ4n) is 2.78. The molecule has 1 aliphatic heterocycles. The largest absolute Gasteiger partial charge is 0.480 e. The molecule has 2 aliphatic rings. The van der Waals surface area contributed by atoms with Crippen molar-refractivity contribution in [3.63, 3.8) is 0 Å². The van der Waals surface area contributed by atoms with E-state index in [0.717, 1.165) is 0 Å². The van der Waals surface area contributed by atoms with E-state index in [4.69, 9.17) is 14.2 Å². The number of hydrogen-bond donors (Lipinski definition) is 0. The van der Waals surface area contributed by atoms with E-state index in [2.05, 4.69) is 0 Å². The molecule has 1 aromatic rings. The maximum atomic E-state index is 11.4. The van der Waals surface area contributed by atoms with Crippen molar-refractivity contribution < 1.29 is 23.9 Å². The van der Waals surface area contributed by atoms with Crippen LogP contribution in [0.2, 0.25) is 0 Å². The van der Waals surface area contributed by atoms with Gasteiger partial charge in [0.1, 0.15) is 17.3 Å². The Morgan fingerprint density at radius 3 is 2.79 bits per heavy atom. The zero-order valence-electron chi connectivity index (χ0n) is 13.4. The number of benzene rings is 1. The second-order valence-corrected chi connectivity index (χ2v) is 5.97. The fourth-order valence-corrected chi connectivity index (χ4v) is 2.78. The number of carbonyl (C=O) groups excluding carboxylic acids is 1. The van der Waals surface area contributed by atoms with Crippen LogP contribution in [0, 0.1) is 10.1 Å². The number of hydrogen-bond acceptors (Lipinski definition) is 6. The predicted octanol–water partition coefficient (Wildman–Crippen LogP) is 3.00. The van der Waals surface area contributed by atoms with Gasteiger partial charge in [-0.25, -0.2) is 0 Å². The highest BCUT2D eigenvalue weighted by molar-refractivity contribution is 5.92. The van der Waals surface area contributed by atoms with Crippen molar-refractivity contribution >= 4 is 17.2 Å². The van der Waals surface area contributed by atoms with Gasteiger partial charge in [0.15, 0.2) is 11.4 Å². The highest BCUT2D eigenvalue weighted by Crippen LogP contribution is 2.40. The first-order valence-electron chi connectivity index (χ1n) is 7.51. The van der Waals surface area contributed by atoms with Gasteiger partial charge in [0.05, 0.1) is 17.1 Å². The summed E-state index contributed by atoms with van der Waals surface area (Å²) < 4.78 is 17.0. The summed E-state index contributed by atoms with van der Waals surface area (Å²) >= 11 is 0. The minimum absolute atomic E-state index is 0.0107. The van der Waals surface area contributed by atoms with Gasteiger partial charge in [0, 0.05) is 44.2 Å². The SMILES string of the molecule is COCC1(C)C=C(OC2=CC(=O)CC2)c2cc([N+](=O)[O-])ccc2O1. The van der Waals surface area contributed by atoms with Crippen molar-refractivity contribution in [2.45, 2.75) is 25.4 Å². The molecule has 0 bridgehead atoms. The number of rotatable bonds is 5. The Labute approximate surface area is 138 Å². The van der Waals surface area contributed by atoms with E-state index in [1.165, 1.54) is 18.2 Å². The van der Waals surface area contributed by atoms with Crippen LogP contribution in [-0.4, -0.2) is 30.0 Å². The molecule has 24 heavy (non-hydrogen) atoms. The number of methoxy groups -OCH3 is 1. The van der Waals surface area contributed by atoms with Gasteiger partial charge in [-0.05, 0) is 13.0 Å².